The lowest BCUT2D eigenvalue weighted by atomic mass is 9.93. The van der Waals surface area contributed by atoms with Crippen LogP contribution in [0.25, 0.3) is 11.0 Å². The zero-order valence-electron chi connectivity index (χ0n) is 16.1. The second kappa shape index (κ2) is 7.46. The number of H-pyrrole nitrogens is 1. The van der Waals surface area contributed by atoms with Crippen molar-refractivity contribution >= 4 is 27.1 Å². The van der Waals surface area contributed by atoms with Gasteiger partial charge >= 0.3 is 0 Å². The molecule has 8 nitrogen and oxygen atoms in total. The maximum Gasteiger partial charge on any atom is 0.282 e. The van der Waals surface area contributed by atoms with Crippen LogP contribution in [-0.4, -0.2) is 71.2 Å². The number of fused-ring (bicyclic) bond motifs is 1. The lowest BCUT2D eigenvalue weighted by Crippen LogP contribution is -3.11. The van der Waals surface area contributed by atoms with Gasteiger partial charge < -0.3 is 4.98 Å². The molecule has 0 bridgehead atoms. The molecule has 0 saturated carbocycles. The van der Waals surface area contributed by atoms with Gasteiger partial charge in [0.25, 0.3) is 10.2 Å². The Morgan fingerprint density at radius 3 is 2.70 bits per heavy atom. The predicted octanol–water partition coefficient (Wildman–Crippen LogP) is 0.545. The summed E-state index contributed by atoms with van der Waals surface area (Å²) < 4.78 is 29.6. The molecule has 2 aliphatic rings. The molecule has 3 atom stereocenters. The molecule has 4 rings (SSSR count). The smallest absolute Gasteiger partial charge is 0.282 e. The fourth-order valence-electron chi connectivity index (χ4n) is 4.43. The molecule has 2 aromatic rings. The van der Waals surface area contributed by atoms with Crippen molar-refractivity contribution in [2.75, 3.05) is 33.2 Å². The van der Waals surface area contributed by atoms with E-state index in [0.29, 0.717) is 32.1 Å². The van der Waals surface area contributed by atoms with E-state index in [9.17, 15) is 8.42 Å². The van der Waals surface area contributed by atoms with Crippen LogP contribution >= 0.6 is 0 Å². The van der Waals surface area contributed by atoms with Crippen molar-refractivity contribution in [3.8, 4) is 0 Å². The standard InChI is InChI=1S/C18H28N6O2S/c1-14-7-11-24(27(25,26)23-9-4-3-5-10-23)12-16(14)22(2)18-15-6-8-19-17(15)20-13-21-18/h6,8,13-14,16H,3-5,7,9-12H2,1-2H3,(H,19,20,21)/p+1. The maximum atomic E-state index is 13.1. The van der Waals surface area contributed by atoms with Gasteiger partial charge in [-0.15, -0.1) is 0 Å². The van der Waals surface area contributed by atoms with Gasteiger partial charge in [0, 0.05) is 31.7 Å². The summed E-state index contributed by atoms with van der Waals surface area (Å²) >= 11 is 0. The molecular formula is C18H29N6O2S+. The zero-order chi connectivity index (χ0) is 19.0. The van der Waals surface area contributed by atoms with Crippen LogP contribution in [0.2, 0.25) is 0 Å². The van der Waals surface area contributed by atoms with E-state index in [0.717, 1.165) is 47.4 Å². The minimum atomic E-state index is -3.37. The largest absolute Gasteiger partial charge is 0.346 e. The highest BCUT2D eigenvalue weighted by atomic mass is 32.2. The van der Waals surface area contributed by atoms with Gasteiger partial charge in [-0.2, -0.15) is 22.0 Å². The van der Waals surface area contributed by atoms with Crippen LogP contribution in [-0.2, 0) is 10.2 Å². The summed E-state index contributed by atoms with van der Waals surface area (Å²) in [4.78, 5) is 13.1. The summed E-state index contributed by atoms with van der Waals surface area (Å²) in [6.45, 7) is 4.65. The van der Waals surface area contributed by atoms with Crippen molar-refractivity contribution < 1.29 is 13.3 Å². The fourth-order valence-corrected chi connectivity index (χ4v) is 6.17. The molecule has 0 aromatic carbocycles. The van der Waals surface area contributed by atoms with Gasteiger partial charge in [0.05, 0.1) is 13.6 Å². The third kappa shape index (κ3) is 3.49. The van der Waals surface area contributed by atoms with Gasteiger partial charge in [0.1, 0.15) is 23.4 Å². The Labute approximate surface area is 160 Å². The van der Waals surface area contributed by atoms with Crippen LogP contribution < -0.4 is 4.90 Å². The Morgan fingerprint density at radius 2 is 1.93 bits per heavy atom. The van der Waals surface area contributed by atoms with Crippen LogP contribution in [0.4, 0.5) is 5.82 Å². The molecule has 4 heterocycles. The first-order chi connectivity index (χ1) is 13.0. The number of hydrogen-bond donors (Lipinski definition) is 2. The number of quaternary nitrogens is 1. The van der Waals surface area contributed by atoms with E-state index in [2.05, 4.69) is 28.9 Å². The first kappa shape index (κ1) is 18.8. The van der Waals surface area contributed by atoms with E-state index >= 15 is 0 Å². The second-order valence-electron chi connectivity index (χ2n) is 7.84. The lowest BCUT2D eigenvalue weighted by Gasteiger charge is -2.40. The normalized spacial score (nSPS) is 27.0. The summed E-state index contributed by atoms with van der Waals surface area (Å²) in [7, 11) is -1.28. The molecule has 0 aliphatic carbocycles. The number of nitrogens with one attached hydrogen (secondary N) is 2. The van der Waals surface area contributed by atoms with Crippen molar-refractivity contribution in [3.05, 3.63) is 18.6 Å². The van der Waals surface area contributed by atoms with Gasteiger partial charge in [-0.05, 0) is 25.3 Å². The van der Waals surface area contributed by atoms with Crippen LogP contribution in [0.1, 0.15) is 32.6 Å². The summed E-state index contributed by atoms with van der Waals surface area (Å²) in [5.41, 5.74) is 0.820. The van der Waals surface area contributed by atoms with Gasteiger partial charge in [0.15, 0.2) is 0 Å². The van der Waals surface area contributed by atoms with E-state index in [1.165, 1.54) is 0 Å². The topological polar surface area (TPSA) is 86.6 Å². The number of hydrogen-bond acceptors (Lipinski definition) is 4. The Bertz CT molecular complexity index is 892. The molecule has 0 amide bonds. The number of aromatic amines is 1. The van der Waals surface area contributed by atoms with E-state index in [-0.39, 0.29) is 6.04 Å². The molecule has 2 fully saturated rings. The number of rotatable bonds is 4. The Kier molecular flexibility index (Phi) is 5.19. The quantitative estimate of drug-likeness (QED) is 0.794. The van der Waals surface area contributed by atoms with Crippen molar-refractivity contribution in [3.63, 3.8) is 0 Å². The highest BCUT2D eigenvalue weighted by Gasteiger charge is 2.41. The van der Waals surface area contributed by atoms with Gasteiger partial charge in [-0.25, -0.2) is 4.98 Å². The maximum absolute atomic E-state index is 13.1. The summed E-state index contributed by atoms with van der Waals surface area (Å²) in [6, 6.07) is 2.15. The van der Waals surface area contributed by atoms with Gasteiger partial charge in [-0.1, -0.05) is 13.3 Å². The molecule has 2 aliphatic heterocycles. The third-order valence-electron chi connectivity index (χ3n) is 6.17. The van der Waals surface area contributed by atoms with Crippen LogP contribution in [0.15, 0.2) is 18.6 Å². The van der Waals surface area contributed by atoms with Crippen molar-refractivity contribution in [1.82, 2.24) is 23.6 Å². The highest BCUT2D eigenvalue weighted by molar-refractivity contribution is 7.86. The highest BCUT2D eigenvalue weighted by Crippen LogP contribution is 2.24. The molecule has 2 aromatic heterocycles. The molecule has 27 heavy (non-hydrogen) atoms. The lowest BCUT2D eigenvalue weighted by molar-refractivity contribution is -0.845. The summed E-state index contributed by atoms with van der Waals surface area (Å²) in [5, 5.41) is 0.998. The summed E-state index contributed by atoms with van der Waals surface area (Å²) in [6.07, 6.45) is 7.37. The molecule has 148 valence electrons. The average molecular weight is 394 g/mol. The second-order valence-corrected chi connectivity index (χ2v) is 9.77. The zero-order valence-corrected chi connectivity index (χ0v) is 16.9. The minimum Gasteiger partial charge on any atom is -0.346 e. The van der Waals surface area contributed by atoms with E-state index < -0.39 is 10.2 Å². The Hall–Kier alpha value is -1.55. The third-order valence-corrected chi connectivity index (χ3v) is 8.17. The minimum absolute atomic E-state index is 0.159. The molecule has 2 N–H and O–H groups in total. The number of likely N-dealkylation sites (N-methyl/N-ethyl adjacent to an activating group) is 1. The first-order valence-electron chi connectivity index (χ1n) is 9.85. The molecule has 2 saturated heterocycles. The monoisotopic (exact) mass is 393 g/mol. The molecule has 0 radical (unpaired) electrons. The first-order valence-corrected chi connectivity index (χ1v) is 11.3. The Balaban J connectivity index is 1.58. The van der Waals surface area contributed by atoms with Gasteiger partial charge in [0.2, 0.25) is 5.82 Å². The average Bonchev–Trinajstić information content (AvgIpc) is 3.17. The molecule has 3 unspecified atom stereocenters. The number of piperidine rings is 2. The number of nitrogens with zero attached hydrogens (tertiary/aromatic N) is 4. The van der Waals surface area contributed by atoms with E-state index in [4.69, 9.17) is 0 Å². The SMILES string of the molecule is CC1CCN(S(=O)(=O)N2CCCCC2)CC1[NH+](C)c1ncnc2[nH]ccc12. The van der Waals surface area contributed by atoms with Crippen molar-refractivity contribution in [1.29, 1.82) is 0 Å². The summed E-state index contributed by atoms with van der Waals surface area (Å²) in [5.74, 6) is 1.34. The van der Waals surface area contributed by atoms with E-state index in [1.807, 2.05) is 12.3 Å². The molecular weight excluding hydrogens is 364 g/mol. The Morgan fingerprint density at radius 1 is 1.15 bits per heavy atom. The van der Waals surface area contributed by atoms with Crippen LogP contribution in [0.5, 0.6) is 0 Å². The van der Waals surface area contributed by atoms with Gasteiger partial charge in [-0.3, -0.25) is 4.90 Å². The van der Waals surface area contributed by atoms with Crippen LogP contribution in [0.3, 0.4) is 0 Å². The van der Waals surface area contributed by atoms with Crippen molar-refractivity contribution in [2.24, 2.45) is 5.92 Å². The van der Waals surface area contributed by atoms with Crippen molar-refractivity contribution in [2.45, 2.75) is 38.6 Å². The van der Waals surface area contributed by atoms with Crippen LogP contribution in [0, 0.1) is 5.92 Å². The molecule has 0 spiro atoms. The number of aromatic nitrogens is 3. The fraction of sp³-hybridized carbons (Fsp3) is 0.667. The molecule has 9 heteroatoms. The predicted molar refractivity (Wildman–Crippen MR) is 104 cm³/mol. The van der Waals surface area contributed by atoms with E-state index in [1.54, 1.807) is 14.9 Å².